The molecule has 0 bridgehead atoms. The maximum Gasteiger partial charge on any atom is 0.269 e. The lowest BCUT2D eigenvalue weighted by Crippen LogP contribution is -2.19. The molecule has 4 nitrogen and oxygen atoms in total. The van der Waals surface area contributed by atoms with Crippen LogP contribution in [0.2, 0.25) is 0 Å². The van der Waals surface area contributed by atoms with Gasteiger partial charge >= 0.3 is 0 Å². The Morgan fingerprint density at radius 2 is 2.12 bits per heavy atom. The third-order valence-electron chi connectivity index (χ3n) is 3.17. The van der Waals surface area contributed by atoms with Crippen molar-refractivity contribution in [1.29, 1.82) is 0 Å². The fraction of sp³-hybridized carbons (Fsp3) is 0.385. The largest absolute Gasteiger partial charge is 0.375 e. The van der Waals surface area contributed by atoms with Gasteiger partial charge in [0.2, 0.25) is 0 Å². The zero-order valence-electron chi connectivity index (χ0n) is 9.87. The summed E-state index contributed by atoms with van der Waals surface area (Å²) in [5.41, 5.74) is 1.13. The highest BCUT2D eigenvalue weighted by atomic mass is 16.6. The summed E-state index contributed by atoms with van der Waals surface area (Å²) >= 11 is 0. The van der Waals surface area contributed by atoms with Crippen molar-refractivity contribution in [2.45, 2.75) is 25.8 Å². The van der Waals surface area contributed by atoms with Crippen LogP contribution < -0.4 is 0 Å². The first-order valence-corrected chi connectivity index (χ1v) is 5.85. The Morgan fingerprint density at radius 1 is 1.41 bits per heavy atom. The van der Waals surface area contributed by atoms with Gasteiger partial charge in [0.15, 0.2) is 0 Å². The molecule has 0 amide bonds. The zero-order chi connectivity index (χ0) is 12.3. The van der Waals surface area contributed by atoms with Gasteiger partial charge in [-0.05, 0) is 49.7 Å². The fourth-order valence-corrected chi connectivity index (χ4v) is 2.07. The first-order valence-electron chi connectivity index (χ1n) is 5.85. The van der Waals surface area contributed by atoms with Crippen LogP contribution in [-0.2, 0) is 0 Å². The molecule has 4 heteroatoms. The highest BCUT2D eigenvalue weighted by Crippen LogP contribution is 2.18. The minimum atomic E-state index is -0.379. The van der Waals surface area contributed by atoms with Crippen LogP contribution in [0, 0.1) is 10.1 Å². The van der Waals surface area contributed by atoms with Gasteiger partial charge in [0.25, 0.3) is 5.69 Å². The summed E-state index contributed by atoms with van der Waals surface area (Å²) in [6.07, 6.45) is 6.57. The van der Waals surface area contributed by atoms with Gasteiger partial charge in [0, 0.05) is 24.7 Å². The van der Waals surface area contributed by atoms with E-state index < -0.39 is 0 Å². The summed E-state index contributed by atoms with van der Waals surface area (Å²) in [5.74, 6) is 0. The van der Waals surface area contributed by atoms with Crippen LogP contribution in [0.25, 0.3) is 6.08 Å². The smallest absolute Gasteiger partial charge is 0.269 e. The van der Waals surface area contributed by atoms with Crippen molar-refractivity contribution in [3.63, 3.8) is 0 Å². The van der Waals surface area contributed by atoms with Gasteiger partial charge in [-0.3, -0.25) is 10.1 Å². The van der Waals surface area contributed by atoms with E-state index in [0.717, 1.165) is 12.1 Å². The average molecular weight is 232 g/mol. The molecule has 1 aliphatic heterocycles. The number of likely N-dealkylation sites (tertiary alicyclic amines) is 1. The second-order valence-corrected chi connectivity index (χ2v) is 4.39. The lowest BCUT2D eigenvalue weighted by atomic mass is 10.2. The molecule has 0 aromatic heterocycles. The molecule has 0 unspecified atom stereocenters. The molecule has 2 rings (SSSR count). The third-order valence-corrected chi connectivity index (χ3v) is 3.17. The summed E-state index contributed by atoms with van der Waals surface area (Å²) in [6.45, 7) is 3.32. The number of nitro benzene ring substituents is 1. The first-order chi connectivity index (χ1) is 8.16. The molecule has 0 N–H and O–H groups in total. The highest BCUT2D eigenvalue weighted by Gasteiger charge is 2.15. The minimum absolute atomic E-state index is 0.136. The summed E-state index contributed by atoms with van der Waals surface area (Å²) in [6, 6.07) is 7.22. The summed E-state index contributed by atoms with van der Waals surface area (Å²) < 4.78 is 0. The quantitative estimate of drug-likeness (QED) is 0.594. The van der Waals surface area contributed by atoms with Crippen LogP contribution in [0.4, 0.5) is 5.69 Å². The van der Waals surface area contributed by atoms with Gasteiger partial charge in [-0.25, -0.2) is 0 Å². The van der Waals surface area contributed by atoms with Crippen LogP contribution in [0.1, 0.15) is 25.3 Å². The van der Waals surface area contributed by atoms with E-state index in [-0.39, 0.29) is 10.6 Å². The maximum atomic E-state index is 10.5. The predicted octanol–water partition coefficient (Wildman–Crippen LogP) is 3.05. The Hall–Kier alpha value is -1.84. The van der Waals surface area contributed by atoms with Gasteiger partial charge in [0.1, 0.15) is 0 Å². The van der Waals surface area contributed by atoms with Crippen molar-refractivity contribution in [3.05, 3.63) is 46.1 Å². The van der Waals surface area contributed by atoms with Gasteiger partial charge in [-0.15, -0.1) is 0 Å². The molecular formula is C13H16N2O2. The average Bonchev–Trinajstić information content (AvgIpc) is 2.73. The minimum Gasteiger partial charge on any atom is -0.375 e. The number of hydrogen-bond donors (Lipinski definition) is 0. The molecular weight excluding hydrogens is 216 g/mol. The maximum absolute atomic E-state index is 10.5. The second-order valence-electron chi connectivity index (χ2n) is 4.39. The monoisotopic (exact) mass is 232 g/mol. The van der Waals surface area contributed by atoms with Crippen molar-refractivity contribution in [1.82, 2.24) is 4.90 Å². The lowest BCUT2D eigenvalue weighted by Gasteiger charge is -2.18. The van der Waals surface area contributed by atoms with Crippen LogP contribution in [-0.4, -0.2) is 22.4 Å². The number of nitrogens with zero attached hydrogens (tertiary/aromatic N) is 2. The molecule has 0 saturated carbocycles. The van der Waals surface area contributed by atoms with Crippen LogP contribution in [0.5, 0.6) is 0 Å². The fourth-order valence-electron chi connectivity index (χ4n) is 2.07. The van der Waals surface area contributed by atoms with E-state index in [1.54, 1.807) is 12.1 Å². The Kier molecular flexibility index (Phi) is 3.42. The number of nitro groups is 1. The first kappa shape index (κ1) is 11.6. The Balaban J connectivity index is 2.03. The predicted molar refractivity (Wildman–Crippen MR) is 67.5 cm³/mol. The number of hydrogen-bond acceptors (Lipinski definition) is 3. The Labute approximate surface area is 101 Å². The Bertz CT molecular complexity index is 426. The number of rotatable bonds is 3. The van der Waals surface area contributed by atoms with Crippen molar-refractivity contribution >= 4 is 11.8 Å². The topological polar surface area (TPSA) is 46.4 Å². The highest BCUT2D eigenvalue weighted by molar-refractivity contribution is 5.51. The molecule has 0 spiro atoms. The molecule has 17 heavy (non-hydrogen) atoms. The molecule has 90 valence electrons. The normalized spacial score (nSPS) is 20.1. The van der Waals surface area contributed by atoms with Gasteiger partial charge in [-0.2, -0.15) is 0 Å². The molecule has 1 fully saturated rings. The van der Waals surface area contributed by atoms with E-state index in [9.17, 15) is 10.1 Å². The SMILES string of the molecule is C[C@@H]1CCCN1/C=C/c1ccc([N+](=O)[O-])cc1. The van der Waals surface area contributed by atoms with Crippen molar-refractivity contribution in [2.75, 3.05) is 6.54 Å². The molecule has 1 aromatic rings. The Morgan fingerprint density at radius 3 is 2.65 bits per heavy atom. The zero-order valence-corrected chi connectivity index (χ0v) is 9.87. The van der Waals surface area contributed by atoms with E-state index in [1.165, 1.54) is 25.0 Å². The molecule has 1 aliphatic rings. The van der Waals surface area contributed by atoms with E-state index in [2.05, 4.69) is 18.0 Å². The summed E-state index contributed by atoms with van der Waals surface area (Å²) in [4.78, 5) is 12.4. The molecule has 1 heterocycles. The summed E-state index contributed by atoms with van der Waals surface area (Å²) in [5, 5.41) is 10.5. The summed E-state index contributed by atoms with van der Waals surface area (Å²) in [7, 11) is 0. The molecule has 1 aromatic carbocycles. The van der Waals surface area contributed by atoms with Gasteiger partial charge < -0.3 is 4.90 Å². The van der Waals surface area contributed by atoms with Crippen molar-refractivity contribution in [3.8, 4) is 0 Å². The van der Waals surface area contributed by atoms with Gasteiger partial charge in [0.05, 0.1) is 4.92 Å². The van der Waals surface area contributed by atoms with E-state index in [0.29, 0.717) is 6.04 Å². The van der Waals surface area contributed by atoms with Crippen molar-refractivity contribution < 1.29 is 4.92 Å². The van der Waals surface area contributed by atoms with Crippen LogP contribution in [0.3, 0.4) is 0 Å². The van der Waals surface area contributed by atoms with E-state index >= 15 is 0 Å². The van der Waals surface area contributed by atoms with Crippen LogP contribution >= 0.6 is 0 Å². The molecule has 0 aliphatic carbocycles. The molecule has 1 atom stereocenters. The van der Waals surface area contributed by atoms with Crippen molar-refractivity contribution in [2.24, 2.45) is 0 Å². The molecule has 1 saturated heterocycles. The second kappa shape index (κ2) is 4.99. The van der Waals surface area contributed by atoms with Crippen LogP contribution in [0.15, 0.2) is 30.5 Å². The standard InChI is InChI=1S/C13H16N2O2/c1-11-3-2-9-14(11)10-8-12-4-6-13(7-5-12)15(16)17/h4-8,10-11H,2-3,9H2,1H3/b10-8+/t11-/m1/s1. The number of non-ortho nitro benzene ring substituents is 1. The third kappa shape index (κ3) is 2.84. The van der Waals surface area contributed by atoms with E-state index in [4.69, 9.17) is 0 Å². The van der Waals surface area contributed by atoms with E-state index in [1.807, 2.05) is 6.08 Å². The number of benzene rings is 1. The van der Waals surface area contributed by atoms with Gasteiger partial charge in [-0.1, -0.05) is 0 Å². The molecule has 0 radical (unpaired) electrons. The lowest BCUT2D eigenvalue weighted by molar-refractivity contribution is -0.384.